The number of methoxy groups -OCH3 is 2. The Morgan fingerprint density at radius 3 is 2.21 bits per heavy atom. The molecule has 0 saturated carbocycles. The second-order valence-electron chi connectivity index (χ2n) is 7.15. The van der Waals surface area contributed by atoms with Crippen LogP contribution in [0, 0.1) is 10.1 Å². The van der Waals surface area contributed by atoms with Crippen LogP contribution in [0.15, 0.2) is 72.8 Å². The fourth-order valence-corrected chi connectivity index (χ4v) is 3.37. The number of hydrogen-bond acceptors (Lipinski definition) is 6. The van der Waals surface area contributed by atoms with Gasteiger partial charge in [-0.05, 0) is 24.1 Å². The molecule has 8 nitrogen and oxygen atoms in total. The quantitative estimate of drug-likeness (QED) is 0.242. The highest BCUT2D eigenvalue weighted by Gasteiger charge is 2.29. The van der Waals surface area contributed by atoms with Crippen LogP contribution in [0.1, 0.15) is 15.9 Å². The number of nitrogens with zero attached hydrogens (tertiary/aromatic N) is 2. The van der Waals surface area contributed by atoms with Crippen molar-refractivity contribution in [2.45, 2.75) is 6.42 Å². The van der Waals surface area contributed by atoms with Gasteiger partial charge in [0.1, 0.15) is 12.2 Å². The Labute approximate surface area is 192 Å². The molecule has 3 aromatic rings. The van der Waals surface area contributed by atoms with Crippen LogP contribution in [0.25, 0.3) is 0 Å². The molecule has 0 radical (unpaired) electrons. The Balaban J connectivity index is 1.99. The van der Waals surface area contributed by atoms with Gasteiger partial charge in [0.2, 0.25) is 0 Å². The van der Waals surface area contributed by atoms with Crippen LogP contribution in [-0.2, 0) is 11.2 Å². The number of anilines is 1. The molecule has 0 saturated heterocycles. The second kappa shape index (κ2) is 11.6. The van der Waals surface area contributed by atoms with E-state index in [1.165, 1.54) is 26.4 Å². The van der Waals surface area contributed by atoms with Crippen molar-refractivity contribution in [3.8, 4) is 11.5 Å². The fraction of sp³-hybridized carbons (Fsp3) is 0.240. The molecule has 1 amide bonds. The Kier molecular flexibility index (Phi) is 8.37. The van der Waals surface area contributed by atoms with Crippen molar-refractivity contribution in [2.75, 3.05) is 38.9 Å². The van der Waals surface area contributed by atoms with Crippen molar-refractivity contribution in [2.24, 2.45) is 0 Å². The number of carbonyl (C=O) groups excluding carboxylic acids is 1. The predicted molar refractivity (Wildman–Crippen MR) is 125 cm³/mol. The van der Waals surface area contributed by atoms with Crippen molar-refractivity contribution in [1.29, 1.82) is 0 Å². The Hall–Kier alpha value is -3.91. The number of benzene rings is 3. The average molecular weight is 450 g/mol. The second-order valence-corrected chi connectivity index (χ2v) is 7.15. The van der Waals surface area contributed by atoms with Gasteiger partial charge in [0.05, 0.1) is 24.7 Å². The summed E-state index contributed by atoms with van der Waals surface area (Å²) in [5.74, 6) is -0.0879. The van der Waals surface area contributed by atoms with E-state index in [9.17, 15) is 14.9 Å². The van der Waals surface area contributed by atoms with Gasteiger partial charge in [0.15, 0.2) is 11.5 Å². The number of para-hydroxylation sites is 1. The van der Waals surface area contributed by atoms with E-state index in [1.54, 1.807) is 17.0 Å². The number of amides is 1. The van der Waals surface area contributed by atoms with E-state index in [4.69, 9.17) is 14.2 Å². The zero-order chi connectivity index (χ0) is 23.6. The molecule has 172 valence electrons. The maximum Gasteiger partial charge on any atom is 0.286 e. The van der Waals surface area contributed by atoms with E-state index >= 15 is 0 Å². The lowest BCUT2D eigenvalue weighted by Crippen LogP contribution is -2.33. The van der Waals surface area contributed by atoms with E-state index < -0.39 is 10.8 Å². The lowest BCUT2D eigenvalue weighted by atomic mass is 10.1. The van der Waals surface area contributed by atoms with Crippen LogP contribution < -0.4 is 14.4 Å². The molecule has 0 aliphatic rings. The summed E-state index contributed by atoms with van der Waals surface area (Å²) in [5.41, 5.74) is 1.27. The van der Waals surface area contributed by atoms with Crippen LogP contribution >= 0.6 is 0 Å². The minimum Gasteiger partial charge on any atom is -0.493 e. The smallest absolute Gasteiger partial charge is 0.286 e. The highest BCUT2D eigenvalue weighted by Crippen LogP contribution is 2.36. The van der Waals surface area contributed by atoms with Crippen molar-refractivity contribution < 1.29 is 23.9 Å². The molecule has 3 rings (SSSR count). The van der Waals surface area contributed by atoms with Gasteiger partial charge < -0.3 is 19.1 Å². The number of nitro benzene ring substituents is 1. The maximum atomic E-state index is 13.6. The highest BCUT2D eigenvalue weighted by molar-refractivity contribution is 6.09. The van der Waals surface area contributed by atoms with Gasteiger partial charge in [-0.15, -0.1) is 0 Å². The largest absolute Gasteiger partial charge is 0.493 e. The molecule has 0 N–H and O–H groups in total. The van der Waals surface area contributed by atoms with E-state index in [-0.39, 0.29) is 29.4 Å². The molecule has 33 heavy (non-hydrogen) atoms. The maximum absolute atomic E-state index is 13.6. The molecule has 0 aliphatic heterocycles. The summed E-state index contributed by atoms with van der Waals surface area (Å²) >= 11 is 0. The zero-order valence-electron chi connectivity index (χ0n) is 18.6. The van der Waals surface area contributed by atoms with Gasteiger partial charge >= 0.3 is 0 Å². The molecular formula is C25H26N2O6. The van der Waals surface area contributed by atoms with Crippen LogP contribution in [-0.4, -0.2) is 44.8 Å². The van der Waals surface area contributed by atoms with E-state index in [2.05, 4.69) is 0 Å². The van der Waals surface area contributed by atoms with E-state index in [1.807, 2.05) is 48.5 Å². The first-order chi connectivity index (χ1) is 16.0. The van der Waals surface area contributed by atoms with Gasteiger partial charge in [0.25, 0.3) is 11.6 Å². The molecule has 0 heterocycles. The third kappa shape index (κ3) is 6.08. The number of ether oxygens (including phenoxy) is 3. The van der Waals surface area contributed by atoms with Gasteiger partial charge in [-0.2, -0.15) is 0 Å². The minimum absolute atomic E-state index is 0.0761. The molecular weight excluding hydrogens is 424 g/mol. The molecule has 0 bridgehead atoms. The van der Waals surface area contributed by atoms with Crippen LogP contribution in [0.5, 0.6) is 11.5 Å². The van der Waals surface area contributed by atoms with Gasteiger partial charge in [-0.25, -0.2) is 0 Å². The van der Waals surface area contributed by atoms with Crippen LogP contribution in [0.4, 0.5) is 11.4 Å². The van der Waals surface area contributed by atoms with E-state index in [0.717, 1.165) is 5.56 Å². The third-order valence-electron chi connectivity index (χ3n) is 5.03. The van der Waals surface area contributed by atoms with Crippen molar-refractivity contribution in [1.82, 2.24) is 0 Å². The number of carbonyl (C=O) groups is 1. The first-order valence-electron chi connectivity index (χ1n) is 10.4. The van der Waals surface area contributed by atoms with Crippen molar-refractivity contribution in [3.63, 3.8) is 0 Å². The minimum atomic E-state index is -0.587. The van der Waals surface area contributed by atoms with Gasteiger partial charge in [-0.1, -0.05) is 48.5 Å². The Morgan fingerprint density at radius 1 is 0.939 bits per heavy atom. The van der Waals surface area contributed by atoms with Crippen molar-refractivity contribution in [3.05, 3.63) is 94.0 Å². The summed E-state index contributed by atoms with van der Waals surface area (Å²) in [5, 5.41) is 11.9. The fourth-order valence-electron chi connectivity index (χ4n) is 3.37. The first-order valence-corrected chi connectivity index (χ1v) is 10.4. The molecule has 0 aliphatic carbocycles. The normalized spacial score (nSPS) is 10.5. The summed E-state index contributed by atoms with van der Waals surface area (Å²) in [4.78, 5) is 26.5. The Bertz CT molecular complexity index is 1070. The van der Waals surface area contributed by atoms with Gasteiger partial charge in [-0.3, -0.25) is 14.9 Å². The topological polar surface area (TPSA) is 91.1 Å². The standard InChI is InChI=1S/C25H26N2O6/c1-31-15-16-33-24-18-22(27(29)30)21(17-23(24)32-2)25(28)26(20-11-7-4-8-12-20)14-13-19-9-5-3-6-10-19/h3-12,17-18H,13-16H2,1-2H3. The molecule has 0 spiro atoms. The van der Waals surface area contributed by atoms with Crippen LogP contribution in [0.2, 0.25) is 0 Å². The molecule has 0 fully saturated rings. The van der Waals surface area contributed by atoms with Crippen LogP contribution in [0.3, 0.4) is 0 Å². The molecule has 0 aromatic heterocycles. The number of hydrogen-bond donors (Lipinski definition) is 0. The summed E-state index contributed by atoms with van der Waals surface area (Å²) in [6.45, 7) is 0.835. The number of nitro groups is 1. The summed E-state index contributed by atoms with van der Waals surface area (Å²) in [6.07, 6.45) is 0.588. The SMILES string of the molecule is COCCOc1cc([N+](=O)[O-])c(C(=O)N(CCc2ccccc2)c2ccccc2)cc1OC. The lowest BCUT2D eigenvalue weighted by Gasteiger charge is -2.23. The molecule has 3 aromatic carbocycles. The van der Waals surface area contributed by atoms with Gasteiger partial charge in [0, 0.05) is 25.4 Å². The lowest BCUT2D eigenvalue weighted by molar-refractivity contribution is -0.385. The predicted octanol–water partition coefficient (Wildman–Crippen LogP) is 4.52. The Morgan fingerprint density at radius 2 is 1.61 bits per heavy atom. The molecule has 0 atom stereocenters. The first kappa shape index (κ1) is 23.7. The van der Waals surface area contributed by atoms with E-state index in [0.29, 0.717) is 25.3 Å². The monoisotopic (exact) mass is 450 g/mol. The van der Waals surface area contributed by atoms with Crippen molar-refractivity contribution >= 4 is 17.3 Å². The summed E-state index contributed by atoms with van der Waals surface area (Å²) in [7, 11) is 2.95. The average Bonchev–Trinajstić information content (AvgIpc) is 2.85. The number of rotatable bonds is 11. The summed E-state index contributed by atoms with van der Waals surface area (Å²) < 4.78 is 15.9. The highest BCUT2D eigenvalue weighted by atomic mass is 16.6. The molecule has 0 unspecified atom stereocenters. The third-order valence-corrected chi connectivity index (χ3v) is 5.03. The molecule has 8 heteroatoms. The summed E-state index contributed by atoms with van der Waals surface area (Å²) in [6, 6.07) is 21.4. The zero-order valence-corrected chi connectivity index (χ0v) is 18.6.